The van der Waals surface area contributed by atoms with Gasteiger partial charge in [0.1, 0.15) is 6.10 Å². The first-order valence-electron chi connectivity index (χ1n) is 4.80. The lowest BCUT2D eigenvalue weighted by Gasteiger charge is -2.12. The van der Waals surface area contributed by atoms with Crippen LogP contribution < -0.4 is 5.73 Å². The van der Waals surface area contributed by atoms with Crippen molar-refractivity contribution >= 4 is 17.3 Å². The molecule has 0 saturated carbocycles. The Hall–Kier alpha value is -1.52. The number of benzene rings is 1. The topological polar surface area (TPSA) is 64.1 Å². The van der Waals surface area contributed by atoms with Crippen LogP contribution in [0.25, 0.3) is 0 Å². The van der Waals surface area contributed by atoms with E-state index in [-0.39, 0.29) is 0 Å². The minimum Gasteiger partial charge on any atom is -0.399 e. The molecule has 0 radical (unpaired) electrons. The van der Waals surface area contributed by atoms with Crippen molar-refractivity contribution in [3.8, 4) is 0 Å². The molecular formula is C11H12ClN3O. The average molecular weight is 238 g/mol. The summed E-state index contributed by atoms with van der Waals surface area (Å²) in [6, 6.07) is 7.07. The van der Waals surface area contributed by atoms with Crippen molar-refractivity contribution in [2.24, 2.45) is 7.05 Å². The standard InChI is InChI=1S/C11H12ClN3O/c1-15-10(9(12)6-14-15)11(16)7-3-2-4-8(13)5-7/h2-6,11,16H,13H2,1H3. The summed E-state index contributed by atoms with van der Waals surface area (Å²) in [5, 5.41) is 14.6. The van der Waals surface area contributed by atoms with Crippen LogP contribution in [0.15, 0.2) is 30.5 Å². The molecule has 0 spiro atoms. The van der Waals surface area contributed by atoms with Gasteiger partial charge in [-0.1, -0.05) is 23.7 Å². The molecule has 2 rings (SSSR count). The molecule has 3 N–H and O–H groups in total. The first-order valence-corrected chi connectivity index (χ1v) is 5.18. The van der Waals surface area contributed by atoms with Gasteiger partial charge in [-0.25, -0.2) is 0 Å². The Morgan fingerprint density at radius 2 is 2.25 bits per heavy atom. The Bertz CT molecular complexity index is 490. The van der Waals surface area contributed by atoms with Crippen LogP contribution in [-0.2, 0) is 7.05 Å². The molecular weight excluding hydrogens is 226 g/mol. The van der Waals surface area contributed by atoms with Crippen molar-refractivity contribution in [2.45, 2.75) is 6.10 Å². The van der Waals surface area contributed by atoms with Crippen molar-refractivity contribution in [2.75, 3.05) is 5.73 Å². The Kier molecular flexibility index (Phi) is 2.85. The highest BCUT2D eigenvalue weighted by molar-refractivity contribution is 6.31. The third-order valence-electron chi connectivity index (χ3n) is 2.42. The monoisotopic (exact) mass is 237 g/mol. The summed E-state index contributed by atoms with van der Waals surface area (Å²) in [6.45, 7) is 0. The summed E-state index contributed by atoms with van der Waals surface area (Å²) in [5.74, 6) is 0. The molecule has 0 saturated heterocycles. The van der Waals surface area contributed by atoms with E-state index >= 15 is 0 Å². The number of nitrogens with zero attached hydrogens (tertiary/aromatic N) is 2. The van der Waals surface area contributed by atoms with Gasteiger partial charge in [0.25, 0.3) is 0 Å². The summed E-state index contributed by atoms with van der Waals surface area (Å²) < 4.78 is 1.55. The molecule has 1 aromatic carbocycles. The Morgan fingerprint density at radius 3 is 2.81 bits per heavy atom. The molecule has 4 nitrogen and oxygen atoms in total. The molecule has 1 aromatic heterocycles. The molecule has 0 bridgehead atoms. The summed E-state index contributed by atoms with van der Waals surface area (Å²) >= 11 is 5.96. The van der Waals surface area contributed by atoms with Gasteiger partial charge in [0.2, 0.25) is 0 Å². The van der Waals surface area contributed by atoms with Gasteiger partial charge in [-0.2, -0.15) is 5.10 Å². The van der Waals surface area contributed by atoms with Crippen LogP contribution in [0.4, 0.5) is 5.69 Å². The second-order valence-electron chi connectivity index (χ2n) is 3.57. The molecule has 2 aromatic rings. The molecule has 5 heteroatoms. The lowest BCUT2D eigenvalue weighted by molar-refractivity contribution is 0.210. The first kappa shape index (κ1) is 11.0. The molecule has 84 valence electrons. The Labute approximate surface area is 98.3 Å². The number of rotatable bonds is 2. The normalized spacial score (nSPS) is 12.7. The number of aromatic nitrogens is 2. The van der Waals surface area contributed by atoms with Gasteiger partial charge in [-0.3, -0.25) is 4.68 Å². The van der Waals surface area contributed by atoms with Crippen molar-refractivity contribution < 1.29 is 5.11 Å². The number of hydrogen-bond donors (Lipinski definition) is 2. The van der Waals surface area contributed by atoms with Gasteiger partial charge in [-0.15, -0.1) is 0 Å². The van der Waals surface area contributed by atoms with Gasteiger partial charge in [-0.05, 0) is 17.7 Å². The smallest absolute Gasteiger partial charge is 0.122 e. The van der Waals surface area contributed by atoms with Gasteiger partial charge < -0.3 is 10.8 Å². The predicted molar refractivity (Wildman–Crippen MR) is 63.1 cm³/mol. The zero-order valence-corrected chi connectivity index (χ0v) is 9.52. The second kappa shape index (κ2) is 4.15. The molecule has 1 heterocycles. The first-order chi connectivity index (χ1) is 7.59. The maximum absolute atomic E-state index is 10.2. The van der Waals surface area contributed by atoms with Crippen LogP contribution in [0.3, 0.4) is 0 Å². The van der Waals surface area contributed by atoms with Crippen LogP contribution in [0.2, 0.25) is 5.02 Å². The fourth-order valence-corrected chi connectivity index (χ4v) is 1.88. The highest BCUT2D eigenvalue weighted by atomic mass is 35.5. The van der Waals surface area contributed by atoms with E-state index in [1.54, 1.807) is 36.0 Å². The summed E-state index contributed by atoms with van der Waals surface area (Å²) in [5.41, 5.74) is 7.53. The maximum Gasteiger partial charge on any atom is 0.122 e. The van der Waals surface area contributed by atoms with E-state index in [0.717, 1.165) is 0 Å². The minimum atomic E-state index is -0.816. The fraction of sp³-hybridized carbons (Fsp3) is 0.182. The molecule has 0 fully saturated rings. The predicted octanol–water partition coefficient (Wildman–Crippen LogP) is 1.74. The molecule has 0 aliphatic carbocycles. The van der Waals surface area contributed by atoms with Crippen LogP contribution >= 0.6 is 11.6 Å². The number of aliphatic hydroxyl groups is 1. The number of nitrogen functional groups attached to an aromatic ring is 1. The van der Waals surface area contributed by atoms with Crippen LogP contribution in [-0.4, -0.2) is 14.9 Å². The van der Waals surface area contributed by atoms with E-state index < -0.39 is 6.10 Å². The van der Waals surface area contributed by atoms with E-state index in [1.807, 2.05) is 0 Å². The molecule has 16 heavy (non-hydrogen) atoms. The largest absolute Gasteiger partial charge is 0.399 e. The fourth-order valence-electron chi connectivity index (χ4n) is 1.61. The number of aliphatic hydroxyl groups excluding tert-OH is 1. The third-order valence-corrected chi connectivity index (χ3v) is 2.71. The average Bonchev–Trinajstić information content (AvgIpc) is 2.58. The van der Waals surface area contributed by atoms with Crippen LogP contribution in [0, 0.1) is 0 Å². The number of nitrogens with two attached hydrogens (primary N) is 1. The van der Waals surface area contributed by atoms with E-state index in [2.05, 4.69) is 5.10 Å². The second-order valence-corrected chi connectivity index (χ2v) is 3.98. The van der Waals surface area contributed by atoms with Gasteiger partial charge >= 0.3 is 0 Å². The summed E-state index contributed by atoms with van der Waals surface area (Å²) in [6.07, 6.45) is 0.690. The lowest BCUT2D eigenvalue weighted by atomic mass is 10.1. The van der Waals surface area contributed by atoms with Crippen LogP contribution in [0.1, 0.15) is 17.4 Å². The maximum atomic E-state index is 10.2. The van der Waals surface area contributed by atoms with Crippen LogP contribution in [0.5, 0.6) is 0 Å². The molecule has 0 amide bonds. The number of halogens is 1. The summed E-state index contributed by atoms with van der Waals surface area (Å²) in [4.78, 5) is 0. The lowest BCUT2D eigenvalue weighted by Crippen LogP contribution is -2.07. The Morgan fingerprint density at radius 1 is 1.50 bits per heavy atom. The minimum absolute atomic E-state index is 0.442. The van der Waals surface area contributed by atoms with Gasteiger partial charge in [0, 0.05) is 12.7 Å². The highest BCUT2D eigenvalue weighted by Crippen LogP contribution is 2.28. The van der Waals surface area contributed by atoms with E-state index in [9.17, 15) is 5.11 Å². The van der Waals surface area contributed by atoms with Crippen molar-refractivity contribution in [1.29, 1.82) is 0 Å². The quantitative estimate of drug-likeness (QED) is 0.782. The molecule has 0 aliphatic rings. The molecule has 0 aliphatic heterocycles. The molecule has 1 atom stereocenters. The Balaban J connectivity index is 2.43. The van der Waals surface area contributed by atoms with E-state index in [1.165, 1.54) is 6.20 Å². The number of anilines is 1. The van der Waals surface area contributed by atoms with Gasteiger partial charge in [0.15, 0.2) is 0 Å². The molecule has 1 unspecified atom stereocenters. The number of aryl methyl sites for hydroxylation is 1. The zero-order valence-electron chi connectivity index (χ0n) is 8.76. The third kappa shape index (κ3) is 1.89. The summed E-state index contributed by atoms with van der Waals surface area (Å²) in [7, 11) is 1.73. The van der Waals surface area contributed by atoms with Crippen molar-refractivity contribution in [3.63, 3.8) is 0 Å². The van der Waals surface area contributed by atoms with Gasteiger partial charge in [0.05, 0.1) is 16.9 Å². The zero-order chi connectivity index (χ0) is 11.7. The highest BCUT2D eigenvalue weighted by Gasteiger charge is 2.18. The van der Waals surface area contributed by atoms with Crippen molar-refractivity contribution in [1.82, 2.24) is 9.78 Å². The van der Waals surface area contributed by atoms with E-state index in [0.29, 0.717) is 22.0 Å². The SMILES string of the molecule is Cn1ncc(Cl)c1C(O)c1cccc(N)c1. The number of hydrogen-bond acceptors (Lipinski definition) is 3. The van der Waals surface area contributed by atoms with E-state index in [4.69, 9.17) is 17.3 Å². The van der Waals surface area contributed by atoms with Crippen molar-refractivity contribution in [3.05, 3.63) is 46.7 Å².